The van der Waals surface area contributed by atoms with Gasteiger partial charge in [-0.2, -0.15) is 5.10 Å². The van der Waals surface area contributed by atoms with Crippen molar-refractivity contribution in [2.45, 2.75) is 25.6 Å². The summed E-state index contributed by atoms with van der Waals surface area (Å²) < 4.78 is 24.7. The van der Waals surface area contributed by atoms with Crippen LogP contribution in [-0.2, 0) is 16.4 Å². The van der Waals surface area contributed by atoms with Crippen LogP contribution in [0.15, 0.2) is 18.5 Å². The fourth-order valence-corrected chi connectivity index (χ4v) is 2.10. The Balaban J connectivity index is 2.13. The smallest absolute Gasteiger partial charge is 0.153 e. The van der Waals surface area contributed by atoms with Gasteiger partial charge >= 0.3 is 0 Å². The summed E-state index contributed by atoms with van der Waals surface area (Å²) in [7, 11) is -2.92. The predicted molar refractivity (Wildman–Crippen MR) is 64.0 cm³/mol. The van der Waals surface area contributed by atoms with Gasteiger partial charge < -0.3 is 5.32 Å². The number of rotatable bonds is 7. The molecule has 0 radical (unpaired) electrons. The Bertz CT molecular complexity index is 384. The molecule has 0 saturated carbocycles. The largest absolute Gasteiger partial charge is 0.314 e. The number of nitrogens with one attached hydrogen (secondary N) is 1. The molecule has 92 valence electrons. The van der Waals surface area contributed by atoms with Crippen molar-refractivity contribution in [2.24, 2.45) is 0 Å². The van der Waals surface area contributed by atoms with Crippen LogP contribution in [-0.4, -0.2) is 42.3 Å². The number of aromatic nitrogens is 2. The van der Waals surface area contributed by atoms with Gasteiger partial charge in [0.2, 0.25) is 0 Å². The lowest BCUT2D eigenvalue weighted by atomic mass is 10.6. The van der Waals surface area contributed by atoms with E-state index in [-0.39, 0.29) is 11.0 Å². The van der Waals surface area contributed by atoms with E-state index in [4.69, 9.17) is 0 Å². The van der Waals surface area contributed by atoms with Crippen molar-refractivity contribution in [1.82, 2.24) is 15.1 Å². The van der Waals surface area contributed by atoms with E-state index in [2.05, 4.69) is 10.4 Å². The molecule has 0 aliphatic heterocycles. The quantitative estimate of drug-likeness (QED) is 0.702. The first kappa shape index (κ1) is 13.2. The van der Waals surface area contributed by atoms with Crippen LogP contribution >= 0.6 is 0 Å². The molecule has 1 rings (SSSR count). The summed E-state index contributed by atoms with van der Waals surface area (Å²) in [6.45, 7) is 5.41. The second-order valence-electron chi connectivity index (χ2n) is 3.93. The van der Waals surface area contributed by atoms with E-state index in [0.717, 1.165) is 13.1 Å². The second-order valence-corrected chi connectivity index (χ2v) is 6.61. The van der Waals surface area contributed by atoms with E-state index >= 15 is 0 Å². The molecule has 5 nitrogen and oxygen atoms in total. The van der Waals surface area contributed by atoms with E-state index < -0.39 is 9.84 Å². The number of hydrogen-bond donors (Lipinski definition) is 1. The fraction of sp³-hybridized carbons (Fsp3) is 0.700. The standard InChI is InChI=1S/C10H19N3O2S/c1-10(2)16(14,15)9-6-11-5-8-13-7-3-4-12-13/h3-4,7,10-11H,5-6,8-9H2,1-2H3. The van der Waals surface area contributed by atoms with Crippen molar-refractivity contribution in [3.8, 4) is 0 Å². The third-order valence-electron chi connectivity index (χ3n) is 2.36. The van der Waals surface area contributed by atoms with E-state index in [9.17, 15) is 8.42 Å². The Morgan fingerprint density at radius 3 is 2.69 bits per heavy atom. The van der Waals surface area contributed by atoms with Gasteiger partial charge in [-0.25, -0.2) is 8.42 Å². The monoisotopic (exact) mass is 245 g/mol. The fourth-order valence-electron chi connectivity index (χ4n) is 1.20. The van der Waals surface area contributed by atoms with Gasteiger partial charge in [-0.15, -0.1) is 0 Å². The first-order chi connectivity index (χ1) is 7.52. The van der Waals surface area contributed by atoms with Crippen molar-refractivity contribution in [3.63, 3.8) is 0 Å². The molecule has 0 spiro atoms. The van der Waals surface area contributed by atoms with Crippen molar-refractivity contribution in [1.29, 1.82) is 0 Å². The van der Waals surface area contributed by atoms with Gasteiger partial charge in [0.15, 0.2) is 9.84 Å². The summed E-state index contributed by atoms with van der Waals surface area (Å²) in [5.41, 5.74) is 0. The van der Waals surface area contributed by atoms with Crippen LogP contribution in [0.5, 0.6) is 0 Å². The molecule has 16 heavy (non-hydrogen) atoms. The summed E-state index contributed by atoms with van der Waals surface area (Å²) in [5.74, 6) is 0.198. The summed E-state index contributed by atoms with van der Waals surface area (Å²) in [5, 5.41) is 6.85. The molecule has 0 aromatic carbocycles. The minimum absolute atomic E-state index is 0.198. The summed E-state index contributed by atoms with van der Waals surface area (Å²) in [6.07, 6.45) is 3.61. The van der Waals surface area contributed by atoms with Crippen LogP contribution in [0.3, 0.4) is 0 Å². The normalized spacial score (nSPS) is 12.2. The molecule has 0 fully saturated rings. The van der Waals surface area contributed by atoms with Gasteiger partial charge in [-0.05, 0) is 19.9 Å². The van der Waals surface area contributed by atoms with Crippen molar-refractivity contribution < 1.29 is 8.42 Å². The molecule has 6 heteroatoms. The van der Waals surface area contributed by atoms with Gasteiger partial charge in [0.05, 0.1) is 17.5 Å². The summed E-state index contributed by atoms with van der Waals surface area (Å²) >= 11 is 0. The number of hydrogen-bond acceptors (Lipinski definition) is 4. The van der Waals surface area contributed by atoms with E-state index in [1.807, 2.05) is 16.9 Å². The third-order valence-corrected chi connectivity index (χ3v) is 4.57. The lowest BCUT2D eigenvalue weighted by molar-refractivity contribution is 0.556. The maximum Gasteiger partial charge on any atom is 0.153 e. The lowest BCUT2D eigenvalue weighted by Gasteiger charge is -2.08. The molecule has 0 amide bonds. The van der Waals surface area contributed by atoms with Crippen LogP contribution < -0.4 is 5.32 Å². The van der Waals surface area contributed by atoms with E-state index in [0.29, 0.717) is 6.54 Å². The Hall–Kier alpha value is -0.880. The van der Waals surface area contributed by atoms with Crippen molar-refractivity contribution >= 4 is 9.84 Å². The lowest BCUT2D eigenvalue weighted by Crippen LogP contribution is -2.29. The molecule has 0 bridgehead atoms. The summed E-state index contributed by atoms with van der Waals surface area (Å²) in [6, 6.07) is 1.86. The third kappa shape index (κ3) is 4.32. The Labute approximate surface area is 96.8 Å². The maximum absolute atomic E-state index is 11.5. The zero-order chi connectivity index (χ0) is 12.0. The van der Waals surface area contributed by atoms with Gasteiger partial charge in [0, 0.05) is 25.5 Å². The molecule has 0 aliphatic carbocycles. The highest BCUT2D eigenvalue weighted by Gasteiger charge is 2.14. The van der Waals surface area contributed by atoms with Crippen molar-refractivity contribution in [2.75, 3.05) is 18.8 Å². The topological polar surface area (TPSA) is 64.0 Å². The molecular formula is C10H19N3O2S. The summed E-state index contributed by atoms with van der Waals surface area (Å²) in [4.78, 5) is 0. The van der Waals surface area contributed by atoms with Gasteiger partial charge in [0.1, 0.15) is 0 Å². The van der Waals surface area contributed by atoms with Gasteiger partial charge in [0.25, 0.3) is 0 Å². The van der Waals surface area contributed by atoms with Crippen molar-refractivity contribution in [3.05, 3.63) is 18.5 Å². The molecule has 0 unspecified atom stereocenters. The molecular weight excluding hydrogens is 226 g/mol. The van der Waals surface area contributed by atoms with Crippen LogP contribution in [0.25, 0.3) is 0 Å². The molecule has 1 aromatic rings. The van der Waals surface area contributed by atoms with E-state index in [1.165, 1.54) is 0 Å². The molecule has 0 atom stereocenters. The highest BCUT2D eigenvalue weighted by Crippen LogP contribution is 1.98. The van der Waals surface area contributed by atoms with Gasteiger partial charge in [-0.3, -0.25) is 4.68 Å². The van der Waals surface area contributed by atoms with Crippen LogP contribution in [0.1, 0.15) is 13.8 Å². The maximum atomic E-state index is 11.5. The molecule has 0 saturated heterocycles. The second kappa shape index (κ2) is 6.00. The zero-order valence-corrected chi connectivity index (χ0v) is 10.6. The average Bonchev–Trinajstić information content (AvgIpc) is 2.69. The Morgan fingerprint density at radius 1 is 1.38 bits per heavy atom. The SMILES string of the molecule is CC(C)S(=O)(=O)CCNCCn1cccn1. The first-order valence-corrected chi connectivity index (χ1v) is 7.13. The Morgan fingerprint density at radius 2 is 2.12 bits per heavy atom. The Kier molecular flexibility index (Phi) is 4.95. The highest BCUT2D eigenvalue weighted by molar-refractivity contribution is 7.92. The van der Waals surface area contributed by atoms with Crippen LogP contribution in [0, 0.1) is 0 Å². The average molecular weight is 245 g/mol. The minimum atomic E-state index is -2.92. The minimum Gasteiger partial charge on any atom is -0.314 e. The molecule has 1 N–H and O–H groups in total. The van der Waals surface area contributed by atoms with Gasteiger partial charge in [-0.1, -0.05) is 0 Å². The zero-order valence-electron chi connectivity index (χ0n) is 9.76. The van der Waals surface area contributed by atoms with E-state index in [1.54, 1.807) is 20.0 Å². The molecule has 0 aliphatic rings. The number of sulfone groups is 1. The molecule has 1 heterocycles. The molecule has 1 aromatic heterocycles. The number of nitrogens with zero attached hydrogens (tertiary/aromatic N) is 2. The highest BCUT2D eigenvalue weighted by atomic mass is 32.2. The van der Waals surface area contributed by atoms with Crippen LogP contribution in [0.4, 0.5) is 0 Å². The van der Waals surface area contributed by atoms with Crippen LogP contribution in [0.2, 0.25) is 0 Å². The first-order valence-electron chi connectivity index (χ1n) is 5.42. The predicted octanol–water partition coefficient (Wildman–Crippen LogP) is 0.296.